The normalized spacial score (nSPS) is 11.5. The first-order valence-corrected chi connectivity index (χ1v) is 4.54. The Morgan fingerprint density at radius 3 is 2.29 bits per heavy atom. The van der Waals surface area contributed by atoms with Crippen molar-refractivity contribution in [3.05, 3.63) is 30.5 Å². The zero-order valence-corrected chi connectivity index (χ0v) is 8.32. The first-order valence-electron chi connectivity index (χ1n) is 4.54. The number of H-pyrrole nitrogens is 1. The number of alkyl halides is 3. The summed E-state index contributed by atoms with van der Waals surface area (Å²) in [5.74, 6) is -0.529. The van der Waals surface area contributed by atoms with Crippen LogP contribution in [0.2, 0.25) is 0 Å². The molecular formula is C10H7F3N2O2. The molecule has 0 fully saturated rings. The molecule has 0 bridgehead atoms. The quantitative estimate of drug-likeness (QED) is 0.853. The molecule has 0 unspecified atom stereocenters. The number of aromatic amines is 1. The number of rotatable bonds is 2. The lowest BCUT2D eigenvalue weighted by molar-refractivity contribution is -0.274. The number of ether oxygens (including phenoxy) is 1. The highest BCUT2D eigenvalue weighted by Gasteiger charge is 2.30. The Kier molecular flexibility index (Phi) is 2.66. The van der Waals surface area contributed by atoms with E-state index in [1.165, 1.54) is 18.3 Å². The molecule has 1 aromatic heterocycles. The maximum absolute atomic E-state index is 11.9. The molecule has 0 amide bonds. The van der Waals surface area contributed by atoms with Gasteiger partial charge in [0.25, 0.3) is 0 Å². The van der Waals surface area contributed by atoms with E-state index in [-0.39, 0.29) is 11.6 Å². The summed E-state index contributed by atoms with van der Waals surface area (Å²) in [7, 11) is 0. The van der Waals surface area contributed by atoms with E-state index in [0.29, 0.717) is 11.1 Å². The van der Waals surface area contributed by atoms with Gasteiger partial charge in [-0.2, -0.15) is 0 Å². The molecule has 1 heterocycles. The predicted octanol–water partition coefficient (Wildman–Crippen LogP) is 2.68. The molecule has 0 saturated heterocycles. The number of benzene rings is 1. The van der Waals surface area contributed by atoms with Crippen LogP contribution in [0.25, 0.3) is 11.1 Å². The Bertz CT molecular complexity index is 505. The molecule has 0 aliphatic carbocycles. The number of halogens is 3. The molecule has 2 N–H and O–H groups in total. The first-order chi connectivity index (χ1) is 7.96. The lowest BCUT2D eigenvalue weighted by Crippen LogP contribution is -2.16. The van der Waals surface area contributed by atoms with Crippen molar-refractivity contribution < 1.29 is 23.0 Å². The molecule has 7 heteroatoms. The van der Waals surface area contributed by atoms with E-state index >= 15 is 0 Å². The summed E-state index contributed by atoms with van der Waals surface area (Å²) in [6.45, 7) is 0. The smallest absolute Gasteiger partial charge is 0.492 e. The van der Waals surface area contributed by atoms with Crippen LogP contribution in [0.5, 0.6) is 11.6 Å². The molecule has 0 radical (unpaired) electrons. The Balaban J connectivity index is 2.22. The maximum atomic E-state index is 11.9. The summed E-state index contributed by atoms with van der Waals surface area (Å²) in [5.41, 5.74) is 0.939. The Morgan fingerprint density at radius 1 is 1.18 bits per heavy atom. The van der Waals surface area contributed by atoms with Crippen molar-refractivity contribution in [3.63, 3.8) is 0 Å². The van der Waals surface area contributed by atoms with Crippen LogP contribution in [0, 0.1) is 0 Å². The second kappa shape index (κ2) is 4.00. The molecule has 17 heavy (non-hydrogen) atoms. The molecule has 90 valence electrons. The zero-order valence-electron chi connectivity index (χ0n) is 8.32. The summed E-state index contributed by atoms with van der Waals surface area (Å²) in [6.07, 6.45) is -3.27. The number of aromatic nitrogens is 2. The fraction of sp³-hybridized carbons (Fsp3) is 0.100. The van der Waals surface area contributed by atoms with Crippen LogP contribution < -0.4 is 4.74 Å². The van der Waals surface area contributed by atoms with E-state index in [0.717, 1.165) is 12.1 Å². The van der Waals surface area contributed by atoms with E-state index in [9.17, 15) is 18.3 Å². The Hall–Kier alpha value is -2.18. The van der Waals surface area contributed by atoms with Gasteiger partial charge in [-0.1, -0.05) is 12.1 Å². The zero-order chi connectivity index (χ0) is 12.5. The van der Waals surface area contributed by atoms with Crippen molar-refractivity contribution in [2.24, 2.45) is 0 Å². The second-order valence-electron chi connectivity index (χ2n) is 3.19. The average molecular weight is 244 g/mol. The summed E-state index contributed by atoms with van der Waals surface area (Å²) in [5, 5.41) is 15.2. The van der Waals surface area contributed by atoms with Crippen LogP contribution in [-0.4, -0.2) is 21.7 Å². The molecule has 0 saturated carbocycles. The van der Waals surface area contributed by atoms with E-state index in [1.807, 2.05) is 0 Å². The van der Waals surface area contributed by atoms with Gasteiger partial charge in [0.2, 0.25) is 5.88 Å². The number of nitrogens with zero attached hydrogens (tertiary/aromatic N) is 1. The van der Waals surface area contributed by atoms with Crippen LogP contribution >= 0.6 is 0 Å². The minimum atomic E-state index is -4.71. The van der Waals surface area contributed by atoms with Gasteiger partial charge in [0.1, 0.15) is 5.75 Å². The number of nitrogens with one attached hydrogen (secondary N) is 1. The highest BCUT2D eigenvalue weighted by Crippen LogP contribution is 2.29. The van der Waals surface area contributed by atoms with Crippen molar-refractivity contribution in [2.75, 3.05) is 0 Å². The SMILES string of the molecule is Oc1n[nH]cc1-c1ccc(OC(F)(F)F)cc1. The Morgan fingerprint density at radius 2 is 1.82 bits per heavy atom. The van der Waals surface area contributed by atoms with Crippen LogP contribution in [0.15, 0.2) is 30.5 Å². The van der Waals surface area contributed by atoms with Crippen LogP contribution in [0.1, 0.15) is 0 Å². The fourth-order valence-corrected chi connectivity index (χ4v) is 1.33. The molecular weight excluding hydrogens is 237 g/mol. The molecule has 0 atom stereocenters. The van der Waals surface area contributed by atoms with Gasteiger partial charge in [-0.3, -0.25) is 5.10 Å². The van der Waals surface area contributed by atoms with Gasteiger partial charge in [-0.15, -0.1) is 18.3 Å². The predicted molar refractivity (Wildman–Crippen MR) is 52.4 cm³/mol. The van der Waals surface area contributed by atoms with E-state index < -0.39 is 6.36 Å². The van der Waals surface area contributed by atoms with Gasteiger partial charge in [0, 0.05) is 6.20 Å². The highest BCUT2D eigenvalue weighted by atomic mass is 19.4. The molecule has 2 aromatic rings. The summed E-state index contributed by atoms with van der Waals surface area (Å²) >= 11 is 0. The summed E-state index contributed by atoms with van der Waals surface area (Å²) in [4.78, 5) is 0. The molecule has 1 aromatic carbocycles. The molecule has 0 aliphatic rings. The highest BCUT2D eigenvalue weighted by molar-refractivity contribution is 5.67. The van der Waals surface area contributed by atoms with Gasteiger partial charge < -0.3 is 9.84 Å². The second-order valence-corrected chi connectivity index (χ2v) is 3.19. The van der Waals surface area contributed by atoms with Gasteiger partial charge in [0.15, 0.2) is 0 Å². The average Bonchev–Trinajstić information content (AvgIpc) is 2.63. The van der Waals surface area contributed by atoms with Crippen molar-refractivity contribution in [3.8, 4) is 22.8 Å². The van der Waals surface area contributed by atoms with Gasteiger partial charge in [0.05, 0.1) is 5.56 Å². The van der Waals surface area contributed by atoms with Crippen LogP contribution in [0.3, 0.4) is 0 Å². The van der Waals surface area contributed by atoms with Gasteiger partial charge in [-0.25, -0.2) is 0 Å². The third kappa shape index (κ3) is 2.68. The van der Waals surface area contributed by atoms with Crippen LogP contribution in [0.4, 0.5) is 13.2 Å². The molecule has 2 rings (SSSR count). The number of hydrogen-bond acceptors (Lipinski definition) is 3. The summed E-state index contributed by atoms with van der Waals surface area (Å²) in [6, 6.07) is 5.11. The largest absolute Gasteiger partial charge is 0.573 e. The monoisotopic (exact) mass is 244 g/mol. The fourth-order valence-electron chi connectivity index (χ4n) is 1.33. The van der Waals surface area contributed by atoms with Gasteiger partial charge in [-0.05, 0) is 17.7 Å². The topological polar surface area (TPSA) is 58.1 Å². The Labute approximate surface area is 93.7 Å². The van der Waals surface area contributed by atoms with Gasteiger partial charge >= 0.3 is 6.36 Å². The third-order valence-corrected chi connectivity index (χ3v) is 2.02. The standard InChI is InChI=1S/C10H7F3N2O2/c11-10(12,13)17-7-3-1-6(2-4-7)8-5-14-15-9(8)16/h1-5H,(H2,14,15,16). The van der Waals surface area contributed by atoms with E-state index in [1.54, 1.807) is 0 Å². The van der Waals surface area contributed by atoms with E-state index in [2.05, 4.69) is 14.9 Å². The number of hydrogen-bond donors (Lipinski definition) is 2. The first kappa shape index (κ1) is 11.3. The lowest BCUT2D eigenvalue weighted by atomic mass is 10.1. The van der Waals surface area contributed by atoms with Crippen molar-refractivity contribution >= 4 is 0 Å². The van der Waals surface area contributed by atoms with Crippen molar-refractivity contribution in [1.29, 1.82) is 0 Å². The number of aromatic hydroxyl groups is 1. The summed E-state index contributed by atoms with van der Waals surface area (Å²) < 4.78 is 39.4. The third-order valence-electron chi connectivity index (χ3n) is 2.02. The molecule has 0 aliphatic heterocycles. The van der Waals surface area contributed by atoms with Crippen molar-refractivity contribution in [1.82, 2.24) is 10.2 Å². The minimum absolute atomic E-state index is 0.213. The minimum Gasteiger partial charge on any atom is -0.492 e. The lowest BCUT2D eigenvalue weighted by Gasteiger charge is -2.08. The van der Waals surface area contributed by atoms with E-state index in [4.69, 9.17) is 0 Å². The van der Waals surface area contributed by atoms with Crippen LogP contribution in [-0.2, 0) is 0 Å². The van der Waals surface area contributed by atoms with Crippen molar-refractivity contribution in [2.45, 2.75) is 6.36 Å². The maximum Gasteiger partial charge on any atom is 0.573 e. The molecule has 0 spiro atoms. The molecule has 4 nitrogen and oxygen atoms in total.